The van der Waals surface area contributed by atoms with Crippen molar-refractivity contribution in [3.8, 4) is 5.75 Å². The van der Waals surface area contributed by atoms with Crippen molar-refractivity contribution in [2.75, 3.05) is 6.54 Å². The third kappa shape index (κ3) is 5.11. The lowest BCUT2D eigenvalue weighted by Gasteiger charge is -2.13. The molecule has 1 aromatic carbocycles. The zero-order chi connectivity index (χ0) is 14.5. The Bertz CT molecular complexity index is 476. The van der Waals surface area contributed by atoms with E-state index < -0.39 is 18.8 Å². The highest BCUT2D eigenvalue weighted by Gasteiger charge is 2.27. The smallest absolute Gasteiger partial charge is 0.387 e. The van der Waals surface area contributed by atoms with Crippen LogP contribution in [0.3, 0.4) is 0 Å². The lowest BCUT2D eigenvalue weighted by atomic mass is 10.1. The van der Waals surface area contributed by atoms with Gasteiger partial charge in [-0.25, -0.2) is 0 Å². The molecule has 1 fully saturated rings. The third-order valence-electron chi connectivity index (χ3n) is 3.07. The molecule has 2 atom stereocenters. The first-order valence-electron chi connectivity index (χ1n) is 6.28. The Morgan fingerprint density at radius 2 is 2.19 bits per heavy atom. The van der Waals surface area contributed by atoms with Gasteiger partial charge in [-0.1, -0.05) is 18.2 Å². The maximum Gasteiger partial charge on any atom is 0.387 e. The maximum absolute atomic E-state index is 12.2. The number of β-amino-alcohol motifs (C(OH)–C–C–N with tert-alkyl or cyclic N) is 1. The molecule has 1 aromatic rings. The Hall–Kier alpha value is -1.44. The zero-order valence-electron chi connectivity index (χ0n) is 11.1. The highest BCUT2D eigenvalue weighted by Crippen LogP contribution is 2.20. The second-order valence-electron chi connectivity index (χ2n) is 4.55. The molecule has 2 unspecified atom stereocenters. The molecule has 1 aliphatic rings. The summed E-state index contributed by atoms with van der Waals surface area (Å²) in [5.74, 6) is -0.226. The summed E-state index contributed by atoms with van der Waals surface area (Å²) >= 11 is 0. The van der Waals surface area contributed by atoms with Crippen molar-refractivity contribution in [3.05, 3.63) is 29.8 Å². The molecule has 1 amide bonds. The van der Waals surface area contributed by atoms with E-state index in [0.29, 0.717) is 18.5 Å². The van der Waals surface area contributed by atoms with Crippen LogP contribution < -0.4 is 15.4 Å². The fourth-order valence-corrected chi connectivity index (χ4v) is 2.08. The molecule has 1 heterocycles. The Labute approximate surface area is 127 Å². The number of aliphatic hydroxyl groups excluding tert-OH is 1. The van der Waals surface area contributed by atoms with Gasteiger partial charge in [0, 0.05) is 18.7 Å². The molecule has 3 N–H and O–H groups in total. The summed E-state index contributed by atoms with van der Waals surface area (Å²) in [5.41, 5.74) is 0.472. The summed E-state index contributed by atoms with van der Waals surface area (Å²) in [5, 5.41) is 14.8. The average molecular weight is 323 g/mol. The lowest BCUT2D eigenvalue weighted by molar-refractivity contribution is -0.123. The first kappa shape index (κ1) is 17.6. The van der Waals surface area contributed by atoms with Crippen molar-refractivity contribution in [1.29, 1.82) is 0 Å². The number of rotatable bonds is 5. The summed E-state index contributed by atoms with van der Waals surface area (Å²) in [6, 6.07) is 5.84. The van der Waals surface area contributed by atoms with Crippen molar-refractivity contribution in [3.63, 3.8) is 0 Å². The quantitative estimate of drug-likeness (QED) is 0.758. The van der Waals surface area contributed by atoms with E-state index >= 15 is 0 Å². The van der Waals surface area contributed by atoms with Gasteiger partial charge in [0.25, 0.3) is 0 Å². The van der Waals surface area contributed by atoms with Gasteiger partial charge in [0.1, 0.15) is 5.75 Å². The van der Waals surface area contributed by atoms with Crippen molar-refractivity contribution >= 4 is 18.3 Å². The second-order valence-corrected chi connectivity index (χ2v) is 4.55. The topological polar surface area (TPSA) is 70.6 Å². The molecule has 1 saturated heterocycles. The van der Waals surface area contributed by atoms with Crippen LogP contribution in [-0.2, 0) is 11.3 Å². The minimum absolute atomic E-state index is 0. The molecule has 0 saturated carbocycles. The number of halogens is 3. The number of hydrogen-bond donors (Lipinski definition) is 3. The monoisotopic (exact) mass is 322 g/mol. The highest BCUT2D eigenvalue weighted by molar-refractivity contribution is 5.85. The van der Waals surface area contributed by atoms with Crippen LogP contribution in [0, 0.1) is 0 Å². The van der Waals surface area contributed by atoms with Crippen LogP contribution in [0.5, 0.6) is 5.75 Å². The van der Waals surface area contributed by atoms with Gasteiger partial charge < -0.3 is 20.5 Å². The summed E-state index contributed by atoms with van der Waals surface area (Å²) in [7, 11) is 0. The summed E-state index contributed by atoms with van der Waals surface area (Å²) in [6.07, 6.45) is -0.179. The number of carbonyl (C=O) groups is 1. The van der Waals surface area contributed by atoms with E-state index in [9.17, 15) is 18.7 Å². The molecule has 0 radical (unpaired) electrons. The van der Waals surface area contributed by atoms with Gasteiger partial charge in [0.2, 0.25) is 5.91 Å². The first-order valence-corrected chi connectivity index (χ1v) is 6.28. The number of nitrogens with one attached hydrogen (secondary N) is 2. The van der Waals surface area contributed by atoms with Crippen molar-refractivity contribution in [1.82, 2.24) is 10.6 Å². The number of benzene rings is 1. The van der Waals surface area contributed by atoms with Crippen LogP contribution in [-0.4, -0.2) is 36.3 Å². The lowest BCUT2D eigenvalue weighted by Crippen LogP contribution is -2.40. The fourth-order valence-electron chi connectivity index (χ4n) is 2.08. The van der Waals surface area contributed by atoms with Gasteiger partial charge in [-0.05, 0) is 12.5 Å². The van der Waals surface area contributed by atoms with E-state index in [2.05, 4.69) is 15.4 Å². The van der Waals surface area contributed by atoms with Gasteiger partial charge in [-0.3, -0.25) is 4.79 Å². The molecular weight excluding hydrogens is 306 g/mol. The van der Waals surface area contributed by atoms with Crippen molar-refractivity contribution < 1.29 is 23.4 Å². The van der Waals surface area contributed by atoms with E-state index in [0.717, 1.165) is 0 Å². The van der Waals surface area contributed by atoms with Gasteiger partial charge in [0.15, 0.2) is 0 Å². The molecule has 118 valence electrons. The van der Waals surface area contributed by atoms with Gasteiger partial charge in [-0.15, -0.1) is 12.4 Å². The maximum atomic E-state index is 12.2. The molecule has 5 nitrogen and oxygen atoms in total. The first-order chi connectivity index (χ1) is 9.56. The SMILES string of the molecule is Cl.O=C(NCc1ccccc1OC(F)F)C1CC(O)CN1. The minimum Gasteiger partial charge on any atom is -0.434 e. The van der Waals surface area contributed by atoms with Crippen LogP contribution in [0.1, 0.15) is 12.0 Å². The second kappa shape index (κ2) is 8.11. The van der Waals surface area contributed by atoms with Gasteiger partial charge in [0.05, 0.1) is 12.1 Å². The Balaban J connectivity index is 0.00000220. The van der Waals surface area contributed by atoms with Crippen LogP contribution in [0.2, 0.25) is 0 Å². The standard InChI is InChI=1S/C13H16F2N2O3.ClH/c14-13(15)20-11-4-2-1-3-8(11)6-17-12(19)10-5-9(18)7-16-10;/h1-4,9-10,13,16,18H,5-7H2,(H,17,19);1H. The molecule has 0 aromatic heterocycles. The fraction of sp³-hybridized carbons (Fsp3) is 0.462. The van der Waals surface area contributed by atoms with E-state index in [-0.39, 0.29) is 30.6 Å². The van der Waals surface area contributed by atoms with E-state index in [1.165, 1.54) is 6.07 Å². The molecule has 0 spiro atoms. The van der Waals surface area contributed by atoms with Gasteiger partial charge >= 0.3 is 6.61 Å². The third-order valence-corrected chi connectivity index (χ3v) is 3.07. The Morgan fingerprint density at radius 3 is 2.81 bits per heavy atom. The normalized spacial score (nSPS) is 21.0. The summed E-state index contributed by atoms with van der Waals surface area (Å²) < 4.78 is 28.9. The molecule has 1 aliphatic heterocycles. The number of aliphatic hydroxyl groups is 1. The zero-order valence-corrected chi connectivity index (χ0v) is 11.9. The molecule has 8 heteroatoms. The number of amides is 1. The molecular formula is C13H17ClF2N2O3. The van der Waals surface area contributed by atoms with Crippen LogP contribution in [0.25, 0.3) is 0 Å². The van der Waals surface area contributed by atoms with Crippen molar-refractivity contribution in [2.24, 2.45) is 0 Å². The largest absolute Gasteiger partial charge is 0.434 e. The number of alkyl halides is 2. The highest BCUT2D eigenvalue weighted by atomic mass is 35.5. The molecule has 0 aliphatic carbocycles. The predicted octanol–water partition coefficient (Wildman–Crippen LogP) is 1.05. The molecule has 0 bridgehead atoms. The van der Waals surface area contributed by atoms with Crippen LogP contribution in [0.4, 0.5) is 8.78 Å². The minimum atomic E-state index is -2.90. The van der Waals surface area contributed by atoms with Crippen LogP contribution >= 0.6 is 12.4 Å². The Morgan fingerprint density at radius 1 is 1.48 bits per heavy atom. The summed E-state index contributed by atoms with van der Waals surface area (Å²) in [4.78, 5) is 11.8. The summed E-state index contributed by atoms with van der Waals surface area (Å²) in [6.45, 7) is -2.43. The number of hydrogen-bond acceptors (Lipinski definition) is 4. The Kier molecular flexibility index (Phi) is 6.80. The number of ether oxygens (including phenoxy) is 1. The van der Waals surface area contributed by atoms with Gasteiger partial charge in [-0.2, -0.15) is 8.78 Å². The number of para-hydroxylation sites is 1. The molecule has 2 rings (SSSR count). The predicted molar refractivity (Wildman–Crippen MR) is 74.6 cm³/mol. The van der Waals surface area contributed by atoms with E-state index in [1.807, 2.05) is 0 Å². The molecule has 21 heavy (non-hydrogen) atoms. The van der Waals surface area contributed by atoms with Crippen LogP contribution in [0.15, 0.2) is 24.3 Å². The van der Waals surface area contributed by atoms with E-state index in [1.54, 1.807) is 18.2 Å². The van der Waals surface area contributed by atoms with E-state index in [4.69, 9.17) is 0 Å². The van der Waals surface area contributed by atoms with Crippen molar-refractivity contribution in [2.45, 2.75) is 31.7 Å². The average Bonchev–Trinajstić information content (AvgIpc) is 2.83. The number of carbonyl (C=O) groups excluding carboxylic acids is 1.